The number of halogens is 2. The zero-order chi connectivity index (χ0) is 13.3. The van der Waals surface area contributed by atoms with Crippen LogP contribution in [0.2, 0.25) is 0 Å². The molecule has 1 aromatic rings. The lowest BCUT2D eigenvalue weighted by Crippen LogP contribution is -2.43. The molecule has 0 unspecified atom stereocenters. The highest BCUT2D eigenvalue weighted by Crippen LogP contribution is 2.30. The highest BCUT2D eigenvalue weighted by Gasteiger charge is 2.45. The van der Waals surface area contributed by atoms with Gasteiger partial charge in [-0.3, -0.25) is 9.59 Å². The van der Waals surface area contributed by atoms with Gasteiger partial charge in [0.05, 0.1) is 0 Å². The molecule has 1 amide bonds. The number of rotatable bonds is 4. The maximum absolute atomic E-state index is 13.1. The number of benzene rings is 1. The van der Waals surface area contributed by atoms with Crippen LogP contribution in [0.1, 0.15) is 17.5 Å². The molecule has 1 aliphatic rings. The van der Waals surface area contributed by atoms with E-state index in [9.17, 15) is 18.4 Å². The minimum atomic E-state index is -4.05. The molecule has 0 spiro atoms. The summed E-state index contributed by atoms with van der Waals surface area (Å²) in [5.74, 6) is -7.47. The van der Waals surface area contributed by atoms with Crippen LogP contribution in [0.5, 0.6) is 0 Å². The van der Waals surface area contributed by atoms with E-state index in [1.54, 1.807) is 0 Å². The molecule has 0 aromatic heterocycles. The third-order valence-corrected chi connectivity index (χ3v) is 3.27. The Labute approximate surface area is 103 Å². The second-order valence-electron chi connectivity index (χ2n) is 4.61. The third-order valence-electron chi connectivity index (χ3n) is 3.27. The van der Waals surface area contributed by atoms with Crippen molar-refractivity contribution in [2.45, 2.75) is 25.2 Å². The van der Waals surface area contributed by atoms with Crippen LogP contribution < -0.4 is 5.73 Å². The Bertz CT molecular complexity index is 475. The van der Waals surface area contributed by atoms with Crippen molar-refractivity contribution in [2.75, 3.05) is 0 Å². The number of Topliss-reactive ketones (excluding diaryl/α,β-unsaturated/α-hetero) is 1. The average molecular weight is 253 g/mol. The van der Waals surface area contributed by atoms with Crippen molar-refractivity contribution < 1.29 is 18.4 Å². The van der Waals surface area contributed by atoms with Gasteiger partial charge in [0.2, 0.25) is 5.78 Å². The SMILES string of the molecule is NC(=O)C(F)(F)C(=O)CC1Cc2ccccc2C1. The first-order valence-corrected chi connectivity index (χ1v) is 5.69. The van der Waals surface area contributed by atoms with Crippen LogP contribution >= 0.6 is 0 Å². The normalized spacial score (nSPS) is 15.4. The number of alkyl halides is 2. The fraction of sp³-hybridized carbons (Fsp3) is 0.385. The summed E-state index contributed by atoms with van der Waals surface area (Å²) in [5, 5.41) is 0. The van der Waals surface area contributed by atoms with Gasteiger partial charge in [-0.2, -0.15) is 8.78 Å². The van der Waals surface area contributed by atoms with Gasteiger partial charge in [-0.15, -0.1) is 0 Å². The smallest absolute Gasteiger partial charge is 0.364 e. The zero-order valence-electron chi connectivity index (χ0n) is 9.66. The van der Waals surface area contributed by atoms with Crippen LogP contribution in [0.15, 0.2) is 24.3 Å². The summed E-state index contributed by atoms with van der Waals surface area (Å²) in [5.41, 5.74) is 6.68. The Balaban J connectivity index is 2.02. The van der Waals surface area contributed by atoms with Gasteiger partial charge in [-0.1, -0.05) is 24.3 Å². The minimum absolute atomic E-state index is 0.167. The molecule has 2 rings (SSSR count). The molecule has 1 aromatic carbocycles. The number of ketones is 1. The topological polar surface area (TPSA) is 60.2 Å². The number of hydrogen-bond donors (Lipinski definition) is 1. The van der Waals surface area contributed by atoms with E-state index in [1.165, 1.54) is 0 Å². The molecule has 18 heavy (non-hydrogen) atoms. The highest BCUT2D eigenvalue weighted by atomic mass is 19.3. The number of amides is 1. The first kappa shape index (κ1) is 12.7. The second-order valence-corrected chi connectivity index (χ2v) is 4.61. The van der Waals surface area contributed by atoms with Gasteiger partial charge < -0.3 is 5.73 Å². The maximum atomic E-state index is 13.1. The molecule has 0 fully saturated rings. The molecule has 0 aliphatic heterocycles. The standard InChI is InChI=1S/C13H13F2NO2/c14-13(15,12(16)18)11(17)7-8-5-9-3-1-2-4-10(9)6-8/h1-4,8H,5-7H2,(H2,16,18). The summed E-state index contributed by atoms with van der Waals surface area (Å²) in [6, 6.07) is 7.60. The quantitative estimate of drug-likeness (QED) is 0.826. The minimum Gasteiger partial charge on any atom is -0.364 e. The van der Waals surface area contributed by atoms with Crippen molar-refractivity contribution >= 4 is 11.7 Å². The summed E-state index contributed by atoms with van der Waals surface area (Å²) in [7, 11) is 0. The first-order chi connectivity index (χ1) is 8.41. The van der Waals surface area contributed by atoms with Crippen LogP contribution in [0.3, 0.4) is 0 Å². The maximum Gasteiger partial charge on any atom is 0.381 e. The van der Waals surface area contributed by atoms with Crippen LogP contribution in [0.4, 0.5) is 8.78 Å². The molecule has 0 saturated carbocycles. The molecule has 0 atom stereocenters. The fourth-order valence-electron chi connectivity index (χ4n) is 2.32. The molecular weight excluding hydrogens is 240 g/mol. The lowest BCUT2D eigenvalue weighted by atomic mass is 9.96. The van der Waals surface area contributed by atoms with Crippen molar-refractivity contribution in [3.8, 4) is 0 Å². The summed E-state index contributed by atoms with van der Waals surface area (Å²) >= 11 is 0. The summed E-state index contributed by atoms with van der Waals surface area (Å²) in [6.45, 7) is 0. The fourth-order valence-corrected chi connectivity index (χ4v) is 2.32. The molecule has 0 bridgehead atoms. The van der Waals surface area contributed by atoms with Gasteiger partial charge in [0.25, 0.3) is 5.91 Å². The Morgan fingerprint density at radius 1 is 1.22 bits per heavy atom. The summed E-state index contributed by atoms with van der Waals surface area (Å²) in [6.07, 6.45) is 0.873. The van der Waals surface area contributed by atoms with E-state index in [4.69, 9.17) is 0 Å². The number of carbonyl (C=O) groups is 2. The lowest BCUT2D eigenvalue weighted by Gasteiger charge is -2.13. The van der Waals surface area contributed by atoms with E-state index >= 15 is 0 Å². The van der Waals surface area contributed by atoms with E-state index < -0.39 is 17.6 Å². The van der Waals surface area contributed by atoms with Gasteiger partial charge in [0.15, 0.2) is 0 Å². The van der Waals surface area contributed by atoms with Crippen LogP contribution in [-0.4, -0.2) is 17.6 Å². The molecular formula is C13H13F2NO2. The molecule has 5 heteroatoms. The predicted octanol–water partition coefficient (Wildman–Crippen LogP) is 1.48. The van der Waals surface area contributed by atoms with Gasteiger partial charge in [-0.05, 0) is 29.9 Å². The molecule has 1 aliphatic carbocycles. The average Bonchev–Trinajstić information content (AvgIpc) is 2.70. The number of fused-ring (bicyclic) bond motifs is 1. The molecule has 0 heterocycles. The molecule has 0 saturated heterocycles. The van der Waals surface area contributed by atoms with E-state index in [1.807, 2.05) is 24.3 Å². The van der Waals surface area contributed by atoms with Crippen molar-refractivity contribution in [3.05, 3.63) is 35.4 Å². The second kappa shape index (κ2) is 4.48. The number of primary amides is 1. The molecule has 0 radical (unpaired) electrons. The number of carbonyl (C=O) groups excluding carboxylic acids is 2. The van der Waals surface area contributed by atoms with Crippen molar-refractivity contribution in [1.82, 2.24) is 0 Å². The van der Waals surface area contributed by atoms with Gasteiger partial charge in [0.1, 0.15) is 0 Å². The highest BCUT2D eigenvalue weighted by molar-refractivity contribution is 6.06. The van der Waals surface area contributed by atoms with Crippen LogP contribution in [0.25, 0.3) is 0 Å². The van der Waals surface area contributed by atoms with Crippen LogP contribution in [-0.2, 0) is 22.4 Å². The van der Waals surface area contributed by atoms with Gasteiger partial charge >= 0.3 is 5.92 Å². The Hall–Kier alpha value is -1.78. The predicted molar refractivity (Wildman–Crippen MR) is 61.1 cm³/mol. The van der Waals surface area contributed by atoms with Crippen molar-refractivity contribution in [3.63, 3.8) is 0 Å². The lowest BCUT2D eigenvalue weighted by molar-refractivity contribution is -0.156. The largest absolute Gasteiger partial charge is 0.381 e. The third kappa shape index (κ3) is 2.25. The van der Waals surface area contributed by atoms with Crippen LogP contribution in [0, 0.1) is 5.92 Å². The number of hydrogen-bond acceptors (Lipinski definition) is 2. The van der Waals surface area contributed by atoms with Crippen molar-refractivity contribution in [2.24, 2.45) is 11.7 Å². The van der Waals surface area contributed by atoms with Crippen molar-refractivity contribution in [1.29, 1.82) is 0 Å². The van der Waals surface area contributed by atoms with E-state index in [2.05, 4.69) is 5.73 Å². The molecule has 96 valence electrons. The molecule has 2 N–H and O–H groups in total. The number of nitrogens with two attached hydrogens (primary N) is 1. The summed E-state index contributed by atoms with van der Waals surface area (Å²) in [4.78, 5) is 21.9. The van der Waals surface area contributed by atoms with E-state index in [-0.39, 0.29) is 12.3 Å². The Kier molecular flexibility index (Phi) is 3.15. The molecule has 3 nitrogen and oxygen atoms in total. The van der Waals surface area contributed by atoms with E-state index in [0.29, 0.717) is 12.8 Å². The Morgan fingerprint density at radius 3 is 2.17 bits per heavy atom. The van der Waals surface area contributed by atoms with Gasteiger partial charge in [0, 0.05) is 6.42 Å². The van der Waals surface area contributed by atoms with E-state index in [0.717, 1.165) is 11.1 Å². The Morgan fingerprint density at radius 2 is 1.72 bits per heavy atom. The zero-order valence-corrected chi connectivity index (χ0v) is 9.66. The first-order valence-electron chi connectivity index (χ1n) is 5.69. The van der Waals surface area contributed by atoms with Gasteiger partial charge in [-0.25, -0.2) is 0 Å². The monoisotopic (exact) mass is 253 g/mol. The summed E-state index contributed by atoms with van der Waals surface area (Å²) < 4.78 is 26.2.